The smallest absolute Gasteiger partial charge is 0.261 e. The van der Waals surface area contributed by atoms with Gasteiger partial charge in [-0.05, 0) is 31.9 Å². The highest BCUT2D eigenvalue weighted by Crippen LogP contribution is 2.35. The number of nitrogens with one attached hydrogen (secondary N) is 1. The van der Waals surface area contributed by atoms with E-state index in [0.29, 0.717) is 5.92 Å². The van der Waals surface area contributed by atoms with E-state index in [-0.39, 0.29) is 16.5 Å². The molecule has 0 aliphatic heterocycles. The third-order valence-electron chi connectivity index (χ3n) is 4.38. The van der Waals surface area contributed by atoms with Crippen LogP contribution in [0.25, 0.3) is 0 Å². The fourth-order valence-electron chi connectivity index (χ4n) is 3.07. The van der Waals surface area contributed by atoms with Gasteiger partial charge in [0.2, 0.25) is 5.88 Å². The number of halogens is 2. The van der Waals surface area contributed by atoms with Crippen molar-refractivity contribution in [2.24, 2.45) is 0 Å². The Morgan fingerprint density at radius 1 is 1.35 bits per heavy atom. The molecule has 1 heterocycles. The molecule has 0 radical (unpaired) electrons. The van der Waals surface area contributed by atoms with Gasteiger partial charge in [0.05, 0.1) is 16.3 Å². The molecule has 1 aliphatic rings. The van der Waals surface area contributed by atoms with E-state index in [0.717, 1.165) is 24.1 Å². The van der Waals surface area contributed by atoms with Crippen molar-refractivity contribution in [1.82, 2.24) is 5.16 Å². The molecule has 3 rings (SSSR count). The van der Waals surface area contributed by atoms with Crippen LogP contribution in [-0.2, 0) is 0 Å². The third-order valence-corrected chi connectivity index (χ3v) is 4.67. The van der Waals surface area contributed by atoms with Crippen molar-refractivity contribution < 1.29 is 13.7 Å². The summed E-state index contributed by atoms with van der Waals surface area (Å²) in [6.07, 6.45) is 5.80. The summed E-state index contributed by atoms with van der Waals surface area (Å²) >= 11 is 5.71. The van der Waals surface area contributed by atoms with Crippen LogP contribution in [0.5, 0.6) is 0 Å². The highest BCUT2D eigenvalue weighted by molar-refractivity contribution is 6.31. The van der Waals surface area contributed by atoms with Crippen molar-refractivity contribution in [3.05, 3.63) is 45.9 Å². The first-order valence-corrected chi connectivity index (χ1v) is 8.17. The van der Waals surface area contributed by atoms with Gasteiger partial charge in [0, 0.05) is 11.5 Å². The maximum absolute atomic E-state index is 13.9. The van der Waals surface area contributed by atoms with Crippen molar-refractivity contribution in [1.29, 1.82) is 0 Å². The summed E-state index contributed by atoms with van der Waals surface area (Å²) < 4.78 is 19.2. The van der Waals surface area contributed by atoms with Crippen molar-refractivity contribution >= 4 is 23.4 Å². The zero-order chi connectivity index (χ0) is 16.4. The Labute approximate surface area is 139 Å². The molecule has 23 heavy (non-hydrogen) atoms. The van der Waals surface area contributed by atoms with E-state index >= 15 is 0 Å². The molecule has 6 heteroatoms. The monoisotopic (exact) mass is 336 g/mol. The van der Waals surface area contributed by atoms with Gasteiger partial charge in [0.1, 0.15) is 0 Å². The average molecular weight is 337 g/mol. The number of aromatic nitrogens is 1. The molecule has 0 bridgehead atoms. The molecule has 4 nitrogen and oxygen atoms in total. The predicted octanol–water partition coefficient (Wildman–Crippen LogP) is 5.08. The molecule has 1 aliphatic carbocycles. The van der Waals surface area contributed by atoms with E-state index in [9.17, 15) is 9.18 Å². The zero-order valence-electron chi connectivity index (χ0n) is 12.9. The van der Waals surface area contributed by atoms with E-state index in [1.807, 2.05) is 6.92 Å². The Balaban J connectivity index is 1.79. The molecule has 1 fully saturated rings. The summed E-state index contributed by atoms with van der Waals surface area (Å²) in [5, 5.41) is 6.62. The second-order valence-corrected chi connectivity index (χ2v) is 6.32. The molecule has 2 aromatic rings. The van der Waals surface area contributed by atoms with E-state index in [2.05, 4.69) is 10.5 Å². The highest BCUT2D eigenvalue weighted by atomic mass is 35.5. The van der Waals surface area contributed by atoms with Crippen LogP contribution in [-0.4, -0.2) is 11.1 Å². The molecular formula is C17H18ClFN2O2. The lowest BCUT2D eigenvalue weighted by atomic mass is 9.86. The van der Waals surface area contributed by atoms with Gasteiger partial charge in [-0.3, -0.25) is 10.1 Å². The van der Waals surface area contributed by atoms with Crippen LogP contribution in [0.15, 0.2) is 22.7 Å². The molecule has 0 atom stereocenters. The van der Waals surface area contributed by atoms with E-state index in [1.165, 1.54) is 37.5 Å². The van der Waals surface area contributed by atoms with Crippen molar-refractivity contribution in [3.8, 4) is 0 Å². The third kappa shape index (κ3) is 3.24. The minimum atomic E-state index is -0.740. The molecule has 1 saturated carbocycles. The number of carbonyl (C=O) groups is 1. The fraction of sp³-hybridized carbons (Fsp3) is 0.412. The summed E-state index contributed by atoms with van der Waals surface area (Å²) in [5.41, 5.74) is 1.59. The first-order chi connectivity index (χ1) is 11.1. The van der Waals surface area contributed by atoms with Gasteiger partial charge in [-0.1, -0.05) is 42.1 Å². The maximum atomic E-state index is 13.9. The summed E-state index contributed by atoms with van der Waals surface area (Å²) in [6, 6.07) is 4.31. The standard InChI is InChI=1S/C17H18ClFN2O2/c1-10-15(11-6-3-2-4-7-11)21-23-17(10)20-16(22)12-8-5-9-13(18)14(12)19/h5,8-9,11H,2-4,6-7H2,1H3,(H,20,22). The average Bonchev–Trinajstić information content (AvgIpc) is 2.91. The van der Waals surface area contributed by atoms with Crippen LogP contribution in [0.4, 0.5) is 10.3 Å². The van der Waals surface area contributed by atoms with E-state index in [1.54, 1.807) is 0 Å². The lowest BCUT2D eigenvalue weighted by Crippen LogP contribution is -2.14. The Bertz CT molecular complexity index is 723. The number of rotatable bonds is 3. The van der Waals surface area contributed by atoms with Gasteiger partial charge >= 0.3 is 0 Å². The zero-order valence-corrected chi connectivity index (χ0v) is 13.6. The summed E-state index contributed by atoms with van der Waals surface area (Å²) in [5.74, 6) is -0.688. The quantitative estimate of drug-likeness (QED) is 0.850. The SMILES string of the molecule is Cc1c(C2CCCCC2)noc1NC(=O)c1cccc(Cl)c1F. The summed E-state index contributed by atoms with van der Waals surface area (Å²) in [7, 11) is 0. The first-order valence-electron chi connectivity index (χ1n) is 7.79. The minimum Gasteiger partial charge on any atom is -0.338 e. The van der Waals surface area contributed by atoms with Gasteiger partial charge in [-0.2, -0.15) is 0 Å². The second kappa shape index (κ2) is 6.71. The number of amides is 1. The number of hydrogen-bond acceptors (Lipinski definition) is 3. The summed E-state index contributed by atoms with van der Waals surface area (Å²) in [6.45, 7) is 1.87. The Hall–Kier alpha value is -1.88. The molecule has 1 aromatic heterocycles. The molecule has 1 aromatic carbocycles. The van der Waals surface area contributed by atoms with E-state index in [4.69, 9.17) is 16.1 Å². The molecule has 0 unspecified atom stereocenters. The van der Waals surface area contributed by atoms with Gasteiger partial charge in [0.15, 0.2) is 5.82 Å². The Kier molecular flexibility index (Phi) is 4.66. The first kappa shape index (κ1) is 16.0. The van der Waals surface area contributed by atoms with Crippen molar-refractivity contribution in [3.63, 3.8) is 0 Å². The van der Waals surface area contributed by atoms with Crippen molar-refractivity contribution in [2.45, 2.75) is 44.9 Å². The summed E-state index contributed by atoms with van der Waals surface area (Å²) in [4.78, 5) is 12.2. The van der Waals surface area contributed by atoms with Gasteiger partial charge in [-0.15, -0.1) is 0 Å². The van der Waals surface area contributed by atoms with Crippen LogP contribution in [0.3, 0.4) is 0 Å². The molecule has 1 amide bonds. The van der Waals surface area contributed by atoms with Crippen LogP contribution >= 0.6 is 11.6 Å². The number of carbonyl (C=O) groups excluding carboxylic acids is 1. The fourth-order valence-corrected chi connectivity index (χ4v) is 3.25. The largest absolute Gasteiger partial charge is 0.338 e. The normalized spacial score (nSPS) is 15.6. The van der Waals surface area contributed by atoms with Crippen molar-refractivity contribution in [2.75, 3.05) is 5.32 Å². The maximum Gasteiger partial charge on any atom is 0.261 e. The number of anilines is 1. The van der Waals surface area contributed by atoms with Gasteiger partial charge < -0.3 is 4.52 Å². The minimum absolute atomic E-state index is 0.0881. The number of nitrogens with zero attached hydrogens (tertiary/aromatic N) is 1. The Morgan fingerprint density at radius 2 is 2.09 bits per heavy atom. The molecule has 1 N–H and O–H groups in total. The molecule has 0 spiro atoms. The predicted molar refractivity (Wildman–Crippen MR) is 86.4 cm³/mol. The van der Waals surface area contributed by atoms with Crippen LogP contribution in [0, 0.1) is 12.7 Å². The lowest BCUT2D eigenvalue weighted by molar-refractivity contribution is 0.102. The number of hydrogen-bond donors (Lipinski definition) is 1. The number of benzene rings is 1. The second-order valence-electron chi connectivity index (χ2n) is 5.91. The van der Waals surface area contributed by atoms with Gasteiger partial charge in [0.25, 0.3) is 5.91 Å². The highest BCUT2D eigenvalue weighted by Gasteiger charge is 2.24. The Morgan fingerprint density at radius 3 is 2.83 bits per heavy atom. The van der Waals surface area contributed by atoms with Crippen LogP contribution in [0.1, 0.15) is 59.6 Å². The van der Waals surface area contributed by atoms with E-state index < -0.39 is 11.7 Å². The topological polar surface area (TPSA) is 55.1 Å². The molecule has 122 valence electrons. The van der Waals surface area contributed by atoms with Gasteiger partial charge in [-0.25, -0.2) is 4.39 Å². The lowest BCUT2D eigenvalue weighted by Gasteiger charge is -2.19. The van der Waals surface area contributed by atoms with Crippen LogP contribution in [0.2, 0.25) is 5.02 Å². The molecular weight excluding hydrogens is 319 g/mol. The molecule has 0 saturated heterocycles. The van der Waals surface area contributed by atoms with Crippen LogP contribution < -0.4 is 5.32 Å².